The van der Waals surface area contributed by atoms with Gasteiger partial charge in [-0.05, 0) is 43.2 Å². The number of amides is 1. The summed E-state index contributed by atoms with van der Waals surface area (Å²) in [6, 6.07) is 5.48. The smallest absolute Gasteiger partial charge is 0.381 e. The van der Waals surface area contributed by atoms with Gasteiger partial charge in [0.2, 0.25) is 5.91 Å². The fraction of sp³-hybridized carbons (Fsp3) is 0.667. The molecule has 1 aromatic carbocycles. The molecule has 2 aliphatic rings. The largest absolute Gasteiger partial charge is 0.416 e. The molecule has 7 heteroatoms. The normalized spacial score (nSPS) is 21.9. The number of alkyl halides is 3. The lowest BCUT2D eigenvalue weighted by molar-refractivity contribution is -0.137. The van der Waals surface area contributed by atoms with Gasteiger partial charge in [-0.3, -0.25) is 4.79 Å². The van der Waals surface area contributed by atoms with Crippen LogP contribution in [0, 0.1) is 11.8 Å². The van der Waals surface area contributed by atoms with Crippen molar-refractivity contribution >= 4 is 5.91 Å². The van der Waals surface area contributed by atoms with E-state index in [0.717, 1.165) is 18.9 Å². The Labute approximate surface area is 163 Å². The number of halogens is 3. The van der Waals surface area contributed by atoms with E-state index in [4.69, 9.17) is 9.47 Å². The number of carbonyl (C=O) groups is 1. The molecule has 28 heavy (non-hydrogen) atoms. The minimum Gasteiger partial charge on any atom is -0.381 e. The van der Waals surface area contributed by atoms with Crippen molar-refractivity contribution in [3.8, 4) is 0 Å². The maximum Gasteiger partial charge on any atom is 0.416 e. The van der Waals surface area contributed by atoms with Gasteiger partial charge in [-0.1, -0.05) is 25.1 Å². The highest BCUT2D eigenvalue weighted by Crippen LogP contribution is 2.38. The number of hydrogen-bond donors (Lipinski definition) is 1. The molecule has 3 rings (SSSR count). The lowest BCUT2D eigenvalue weighted by Crippen LogP contribution is -2.46. The zero-order valence-electron chi connectivity index (χ0n) is 16.2. The SMILES string of the molecule is CC(C(=O)NCC1(c2cccc(C(F)(F)F)c2)CCOCC1)C1CCOCC1. The Morgan fingerprint density at radius 1 is 1.18 bits per heavy atom. The molecule has 0 aliphatic carbocycles. The molecule has 1 atom stereocenters. The number of ether oxygens (including phenoxy) is 2. The maximum atomic E-state index is 13.2. The summed E-state index contributed by atoms with van der Waals surface area (Å²) >= 11 is 0. The van der Waals surface area contributed by atoms with Gasteiger partial charge in [0.1, 0.15) is 0 Å². The van der Waals surface area contributed by atoms with Gasteiger partial charge >= 0.3 is 6.18 Å². The average molecular weight is 399 g/mol. The third kappa shape index (κ3) is 4.87. The second-order valence-corrected chi connectivity index (χ2v) is 7.93. The first-order valence-electron chi connectivity index (χ1n) is 9.93. The molecule has 1 N–H and O–H groups in total. The third-order valence-electron chi connectivity index (χ3n) is 6.24. The van der Waals surface area contributed by atoms with Crippen molar-refractivity contribution in [3.63, 3.8) is 0 Å². The summed E-state index contributed by atoms with van der Waals surface area (Å²) in [5.74, 6) is 0.111. The Morgan fingerprint density at radius 3 is 2.46 bits per heavy atom. The van der Waals surface area contributed by atoms with Gasteiger partial charge in [-0.25, -0.2) is 0 Å². The lowest BCUT2D eigenvalue weighted by atomic mass is 9.73. The molecule has 2 saturated heterocycles. The first-order chi connectivity index (χ1) is 13.3. The van der Waals surface area contributed by atoms with Crippen molar-refractivity contribution < 1.29 is 27.4 Å². The minimum absolute atomic E-state index is 0.0373. The summed E-state index contributed by atoms with van der Waals surface area (Å²) in [5, 5.41) is 3.03. The Hall–Kier alpha value is -1.60. The van der Waals surface area contributed by atoms with Crippen molar-refractivity contribution in [2.75, 3.05) is 33.0 Å². The van der Waals surface area contributed by atoms with Crippen LogP contribution in [-0.4, -0.2) is 38.9 Å². The molecule has 0 saturated carbocycles. The Balaban J connectivity index is 1.74. The second-order valence-electron chi connectivity index (χ2n) is 7.93. The van der Waals surface area contributed by atoms with Crippen molar-refractivity contribution in [2.24, 2.45) is 11.8 Å². The summed E-state index contributed by atoms with van der Waals surface area (Å²) in [6.45, 7) is 4.54. The Bertz CT molecular complexity index is 665. The number of rotatable bonds is 5. The first kappa shape index (κ1) is 21.1. The maximum absolute atomic E-state index is 13.2. The molecular formula is C21H28F3NO3. The molecule has 0 spiro atoms. The summed E-state index contributed by atoms with van der Waals surface area (Å²) in [6.07, 6.45) is -1.49. The molecule has 2 heterocycles. The van der Waals surface area contributed by atoms with E-state index in [9.17, 15) is 18.0 Å². The Morgan fingerprint density at radius 2 is 1.82 bits per heavy atom. The number of hydrogen-bond acceptors (Lipinski definition) is 3. The van der Waals surface area contributed by atoms with E-state index >= 15 is 0 Å². The van der Waals surface area contributed by atoms with Crippen LogP contribution in [0.2, 0.25) is 0 Å². The molecule has 1 unspecified atom stereocenters. The summed E-state index contributed by atoms with van der Waals surface area (Å²) in [7, 11) is 0. The van der Waals surface area contributed by atoms with Gasteiger partial charge in [-0.2, -0.15) is 13.2 Å². The summed E-state index contributed by atoms with van der Waals surface area (Å²) in [5.41, 5.74) is -0.577. The van der Waals surface area contributed by atoms with Gasteiger partial charge in [0.15, 0.2) is 0 Å². The molecular weight excluding hydrogens is 371 g/mol. The number of carbonyl (C=O) groups excluding carboxylic acids is 1. The number of benzene rings is 1. The van der Waals surface area contributed by atoms with E-state index in [0.29, 0.717) is 51.4 Å². The predicted octanol–water partition coefficient (Wildman–Crippen LogP) is 3.93. The minimum atomic E-state index is -4.39. The van der Waals surface area contributed by atoms with E-state index in [1.54, 1.807) is 6.07 Å². The number of nitrogens with one attached hydrogen (secondary N) is 1. The van der Waals surface area contributed by atoms with Crippen LogP contribution in [0.1, 0.15) is 43.7 Å². The first-order valence-corrected chi connectivity index (χ1v) is 9.93. The zero-order valence-corrected chi connectivity index (χ0v) is 16.2. The fourth-order valence-electron chi connectivity index (χ4n) is 4.20. The van der Waals surface area contributed by atoms with Crippen LogP contribution in [0.25, 0.3) is 0 Å². The standard InChI is InChI=1S/C21H28F3NO3/c1-15(16-5-9-27-10-6-16)19(26)25-14-20(7-11-28-12-8-20)17-3-2-4-18(13-17)21(22,23)24/h2-4,13,15-16H,5-12,14H2,1H3,(H,25,26). The molecule has 1 amide bonds. The quantitative estimate of drug-likeness (QED) is 0.816. The van der Waals surface area contributed by atoms with Crippen LogP contribution in [0.4, 0.5) is 13.2 Å². The van der Waals surface area contributed by atoms with E-state index in [1.807, 2.05) is 6.92 Å². The highest BCUT2D eigenvalue weighted by atomic mass is 19.4. The molecule has 156 valence electrons. The zero-order chi connectivity index (χ0) is 20.2. The van der Waals surface area contributed by atoms with Crippen LogP contribution in [-0.2, 0) is 25.9 Å². The van der Waals surface area contributed by atoms with Gasteiger partial charge < -0.3 is 14.8 Å². The summed E-state index contributed by atoms with van der Waals surface area (Å²) in [4.78, 5) is 12.7. The van der Waals surface area contributed by atoms with Gasteiger partial charge in [-0.15, -0.1) is 0 Å². The molecule has 2 fully saturated rings. The van der Waals surface area contributed by atoms with Gasteiger partial charge in [0, 0.05) is 44.3 Å². The highest BCUT2D eigenvalue weighted by Gasteiger charge is 2.38. The molecule has 4 nitrogen and oxygen atoms in total. The van der Waals surface area contributed by atoms with Gasteiger partial charge in [0.25, 0.3) is 0 Å². The topological polar surface area (TPSA) is 47.6 Å². The van der Waals surface area contributed by atoms with Crippen molar-refractivity contribution in [1.29, 1.82) is 0 Å². The van der Waals surface area contributed by atoms with E-state index < -0.39 is 17.2 Å². The monoisotopic (exact) mass is 399 g/mol. The van der Waals surface area contributed by atoms with E-state index in [1.165, 1.54) is 12.1 Å². The second kappa shape index (κ2) is 8.82. The predicted molar refractivity (Wildman–Crippen MR) is 98.9 cm³/mol. The molecule has 0 radical (unpaired) electrons. The third-order valence-corrected chi connectivity index (χ3v) is 6.24. The molecule has 0 aromatic heterocycles. The van der Waals surface area contributed by atoms with E-state index in [2.05, 4.69) is 5.32 Å². The van der Waals surface area contributed by atoms with Crippen molar-refractivity contribution in [2.45, 2.75) is 44.2 Å². The summed E-state index contributed by atoms with van der Waals surface area (Å²) < 4.78 is 50.3. The lowest BCUT2D eigenvalue weighted by Gasteiger charge is -2.39. The van der Waals surface area contributed by atoms with Crippen LogP contribution in [0.3, 0.4) is 0 Å². The van der Waals surface area contributed by atoms with Crippen molar-refractivity contribution in [3.05, 3.63) is 35.4 Å². The molecule has 1 aromatic rings. The van der Waals surface area contributed by atoms with Crippen molar-refractivity contribution in [1.82, 2.24) is 5.32 Å². The van der Waals surface area contributed by atoms with Crippen LogP contribution >= 0.6 is 0 Å². The average Bonchev–Trinajstić information content (AvgIpc) is 2.72. The Kier molecular flexibility index (Phi) is 6.65. The van der Waals surface area contributed by atoms with Gasteiger partial charge in [0.05, 0.1) is 5.56 Å². The molecule has 2 aliphatic heterocycles. The van der Waals surface area contributed by atoms with Crippen LogP contribution in [0.15, 0.2) is 24.3 Å². The van der Waals surface area contributed by atoms with Crippen LogP contribution in [0.5, 0.6) is 0 Å². The van der Waals surface area contributed by atoms with E-state index in [-0.39, 0.29) is 17.7 Å². The molecule has 0 bridgehead atoms. The highest BCUT2D eigenvalue weighted by molar-refractivity contribution is 5.78. The van der Waals surface area contributed by atoms with Crippen LogP contribution < -0.4 is 5.32 Å². The fourth-order valence-corrected chi connectivity index (χ4v) is 4.20.